The van der Waals surface area contributed by atoms with Gasteiger partial charge >= 0.3 is 0 Å². The van der Waals surface area contributed by atoms with Crippen molar-refractivity contribution in [1.29, 1.82) is 0 Å². The van der Waals surface area contributed by atoms with Crippen molar-refractivity contribution >= 4 is 11.8 Å². The summed E-state index contributed by atoms with van der Waals surface area (Å²) in [6.45, 7) is 6.27. The topological polar surface area (TPSA) is 62.8 Å². The zero-order valence-electron chi connectivity index (χ0n) is 15.8. The van der Waals surface area contributed by atoms with E-state index < -0.39 is 0 Å². The molecule has 0 spiro atoms. The first-order chi connectivity index (χ1) is 13.3. The molecule has 7 nitrogen and oxygen atoms in total. The van der Waals surface area contributed by atoms with Gasteiger partial charge in [0.25, 0.3) is 0 Å². The minimum absolute atomic E-state index is 0.371. The number of benzene rings is 1. The predicted octanol–water partition coefficient (Wildman–Crippen LogP) is 2.01. The SMILES string of the molecule is COc1cccc(CN2CCC(Nc3nccc(N4CCOCC4)n3)C2)c1. The van der Waals surface area contributed by atoms with E-state index >= 15 is 0 Å². The van der Waals surface area contributed by atoms with Crippen LogP contribution < -0.4 is 15.0 Å². The summed E-state index contributed by atoms with van der Waals surface area (Å²) in [6, 6.07) is 10.6. The second-order valence-corrected chi connectivity index (χ2v) is 7.05. The average Bonchev–Trinajstić information content (AvgIpc) is 3.15. The Hall–Kier alpha value is -2.38. The van der Waals surface area contributed by atoms with E-state index in [0.717, 1.165) is 63.9 Å². The van der Waals surface area contributed by atoms with E-state index in [1.165, 1.54) is 5.56 Å². The van der Waals surface area contributed by atoms with Crippen LogP contribution in [-0.4, -0.2) is 67.4 Å². The van der Waals surface area contributed by atoms with Gasteiger partial charge in [0.15, 0.2) is 0 Å². The summed E-state index contributed by atoms with van der Waals surface area (Å²) in [5.41, 5.74) is 1.28. The number of hydrogen-bond acceptors (Lipinski definition) is 7. The highest BCUT2D eigenvalue weighted by Crippen LogP contribution is 2.20. The molecule has 1 atom stereocenters. The molecule has 7 heteroatoms. The van der Waals surface area contributed by atoms with Gasteiger partial charge < -0.3 is 19.7 Å². The van der Waals surface area contributed by atoms with Crippen molar-refractivity contribution < 1.29 is 9.47 Å². The number of nitrogens with one attached hydrogen (secondary N) is 1. The molecular weight excluding hydrogens is 342 g/mol. The Bertz CT molecular complexity index is 751. The van der Waals surface area contributed by atoms with Crippen molar-refractivity contribution in [3.8, 4) is 5.75 Å². The normalized spacial score (nSPS) is 20.6. The van der Waals surface area contributed by atoms with Crippen LogP contribution in [0.25, 0.3) is 0 Å². The standard InChI is InChI=1S/C20H27N5O2/c1-26-18-4-2-3-16(13-18)14-24-8-6-17(15-24)22-20-21-7-5-19(23-20)25-9-11-27-12-10-25/h2-5,7,13,17H,6,8-12,14-15H2,1H3,(H,21,22,23). The van der Waals surface area contributed by atoms with Crippen LogP contribution in [0.1, 0.15) is 12.0 Å². The van der Waals surface area contributed by atoms with Crippen molar-refractivity contribution in [1.82, 2.24) is 14.9 Å². The summed E-state index contributed by atoms with van der Waals surface area (Å²) in [5, 5.41) is 3.51. The second-order valence-electron chi connectivity index (χ2n) is 7.05. The maximum Gasteiger partial charge on any atom is 0.224 e. The summed E-state index contributed by atoms with van der Waals surface area (Å²) >= 11 is 0. The molecule has 0 aliphatic carbocycles. The van der Waals surface area contributed by atoms with Crippen molar-refractivity contribution in [2.24, 2.45) is 0 Å². The van der Waals surface area contributed by atoms with E-state index in [4.69, 9.17) is 14.5 Å². The van der Waals surface area contributed by atoms with Gasteiger partial charge in [-0.15, -0.1) is 0 Å². The van der Waals surface area contributed by atoms with E-state index in [0.29, 0.717) is 12.0 Å². The molecule has 4 rings (SSSR count). The number of rotatable bonds is 6. The number of anilines is 2. The largest absolute Gasteiger partial charge is 0.497 e. The molecule has 0 bridgehead atoms. The smallest absolute Gasteiger partial charge is 0.224 e. The van der Waals surface area contributed by atoms with Crippen LogP contribution >= 0.6 is 0 Å². The fourth-order valence-corrected chi connectivity index (χ4v) is 3.69. The number of hydrogen-bond donors (Lipinski definition) is 1. The number of morpholine rings is 1. The number of ether oxygens (including phenoxy) is 2. The number of aromatic nitrogens is 2. The Kier molecular flexibility index (Phi) is 5.69. The van der Waals surface area contributed by atoms with Gasteiger partial charge in [-0.2, -0.15) is 4.98 Å². The molecule has 2 aliphatic rings. The molecule has 0 amide bonds. The molecule has 2 aromatic rings. The highest BCUT2D eigenvalue weighted by Gasteiger charge is 2.23. The second kappa shape index (κ2) is 8.54. The van der Waals surface area contributed by atoms with Gasteiger partial charge in [0, 0.05) is 45.0 Å². The van der Waals surface area contributed by atoms with Gasteiger partial charge in [0.05, 0.1) is 20.3 Å². The van der Waals surface area contributed by atoms with Crippen LogP contribution in [0.2, 0.25) is 0 Å². The number of methoxy groups -OCH3 is 1. The Morgan fingerprint density at radius 2 is 2.11 bits per heavy atom. The Morgan fingerprint density at radius 3 is 2.96 bits per heavy atom. The summed E-state index contributed by atoms with van der Waals surface area (Å²) in [6.07, 6.45) is 2.93. The van der Waals surface area contributed by atoms with Gasteiger partial charge in [-0.25, -0.2) is 4.98 Å². The number of nitrogens with zero attached hydrogens (tertiary/aromatic N) is 4. The van der Waals surface area contributed by atoms with Gasteiger partial charge in [0.1, 0.15) is 11.6 Å². The zero-order chi connectivity index (χ0) is 18.5. The summed E-state index contributed by atoms with van der Waals surface area (Å²) < 4.78 is 10.7. The minimum atomic E-state index is 0.371. The third kappa shape index (κ3) is 4.67. The quantitative estimate of drug-likeness (QED) is 0.836. The zero-order valence-corrected chi connectivity index (χ0v) is 15.8. The molecule has 0 radical (unpaired) electrons. The van der Waals surface area contributed by atoms with Crippen molar-refractivity contribution in [2.45, 2.75) is 19.0 Å². The lowest BCUT2D eigenvalue weighted by Crippen LogP contribution is -2.37. The molecule has 1 unspecified atom stereocenters. The third-order valence-corrected chi connectivity index (χ3v) is 5.12. The van der Waals surface area contributed by atoms with E-state index in [-0.39, 0.29) is 0 Å². The Labute approximate surface area is 160 Å². The highest BCUT2D eigenvalue weighted by atomic mass is 16.5. The molecule has 27 heavy (non-hydrogen) atoms. The van der Waals surface area contributed by atoms with Gasteiger partial charge in [-0.1, -0.05) is 12.1 Å². The molecular formula is C20H27N5O2. The molecule has 0 saturated carbocycles. The lowest BCUT2D eigenvalue weighted by atomic mass is 10.2. The molecule has 2 fully saturated rings. The van der Waals surface area contributed by atoms with E-state index in [1.54, 1.807) is 7.11 Å². The Morgan fingerprint density at radius 1 is 1.22 bits per heavy atom. The van der Waals surface area contributed by atoms with Crippen molar-refractivity contribution in [3.05, 3.63) is 42.1 Å². The van der Waals surface area contributed by atoms with Crippen LogP contribution in [0.4, 0.5) is 11.8 Å². The highest BCUT2D eigenvalue weighted by molar-refractivity contribution is 5.43. The van der Waals surface area contributed by atoms with E-state index in [1.807, 2.05) is 24.4 Å². The summed E-state index contributed by atoms with van der Waals surface area (Å²) in [4.78, 5) is 13.8. The van der Waals surface area contributed by atoms with Gasteiger partial charge in [-0.05, 0) is 30.2 Å². The summed E-state index contributed by atoms with van der Waals surface area (Å²) in [5.74, 6) is 2.60. The first-order valence-corrected chi connectivity index (χ1v) is 9.58. The van der Waals surface area contributed by atoms with Crippen LogP contribution in [0.15, 0.2) is 36.5 Å². The lowest BCUT2D eigenvalue weighted by molar-refractivity contribution is 0.122. The predicted molar refractivity (Wildman–Crippen MR) is 105 cm³/mol. The molecule has 1 N–H and O–H groups in total. The molecule has 3 heterocycles. The Balaban J connectivity index is 1.33. The van der Waals surface area contributed by atoms with Crippen LogP contribution in [-0.2, 0) is 11.3 Å². The van der Waals surface area contributed by atoms with Crippen molar-refractivity contribution in [2.75, 3.05) is 56.7 Å². The van der Waals surface area contributed by atoms with E-state index in [2.05, 4.69) is 32.2 Å². The fraction of sp³-hybridized carbons (Fsp3) is 0.500. The van der Waals surface area contributed by atoms with Gasteiger partial charge in [0.2, 0.25) is 5.95 Å². The molecule has 2 saturated heterocycles. The van der Waals surface area contributed by atoms with Crippen LogP contribution in [0.5, 0.6) is 5.75 Å². The van der Waals surface area contributed by atoms with Crippen molar-refractivity contribution in [3.63, 3.8) is 0 Å². The lowest BCUT2D eigenvalue weighted by Gasteiger charge is -2.28. The average molecular weight is 369 g/mol. The minimum Gasteiger partial charge on any atom is -0.497 e. The maximum absolute atomic E-state index is 5.42. The monoisotopic (exact) mass is 369 g/mol. The van der Waals surface area contributed by atoms with Crippen LogP contribution in [0, 0.1) is 0 Å². The molecule has 2 aliphatic heterocycles. The first kappa shape index (κ1) is 18.0. The molecule has 144 valence electrons. The van der Waals surface area contributed by atoms with Gasteiger partial charge in [-0.3, -0.25) is 4.90 Å². The number of likely N-dealkylation sites (tertiary alicyclic amines) is 1. The first-order valence-electron chi connectivity index (χ1n) is 9.58. The fourth-order valence-electron chi connectivity index (χ4n) is 3.69. The molecule has 1 aromatic heterocycles. The van der Waals surface area contributed by atoms with E-state index in [9.17, 15) is 0 Å². The maximum atomic E-state index is 5.42. The third-order valence-electron chi connectivity index (χ3n) is 5.12. The molecule has 1 aromatic carbocycles. The van der Waals surface area contributed by atoms with Crippen LogP contribution in [0.3, 0.4) is 0 Å². The summed E-state index contributed by atoms with van der Waals surface area (Å²) in [7, 11) is 1.71.